The molecule has 2 N–H and O–H groups in total. The van der Waals surface area contributed by atoms with E-state index in [1.165, 1.54) is 18.4 Å². The summed E-state index contributed by atoms with van der Waals surface area (Å²) in [6, 6.07) is 12.7. The van der Waals surface area contributed by atoms with Crippen LogP contribution in [0.4, 0.5) is 17.6 Å². The van der Waals surface area contributed by atoms with Gasteiger partial charge in [-0.05, 0) is 42.0 Å². The number of aromatic amines is 1. The molecule has 1 heterocycles. The van der Waals surface area contributed by atoms with Crippen LogP contribution in [0.15, 0.2) is 59.6 Å². The molecule has 0 aliphatic heterocycles. The zero-order chi connectivity index (χ0) is 21.8. The molecule has 0 spiro atoms. The van der Waals surface area contributed by atoms with Gasteiger partial charge in [0.2, 0.25) is 0 Å². The van der Waals surface area contributed by atoms with Crippen molar-refractivity contribution in [3.05, 3.63) is 60.5 Å². The van der Waals surface area contributed by atoms with E-state index in [1.54, 1.807) is 42.6 Å². The Hall–Kier alpha value is -3.21. The van der Waals surface area contributed by atoms with E-state index in [-0.39, 0.29) is 10.7 Å². The number of benzene rings is 2. The Balaban J connectivity index is 0.000000370. The van der Waals surface area contributed by atoms with Gasteiger partial charge in [0.15, 0.2) is 9.84 Å². The van der Waals surface area contributed by atoms with Gasteiger partial charge in [-0.25, -0.2) is 17.6 Å². The van der Waals surface area contributed by atoms with E-state index >= 15 is 0 Å². The van der Waals surface area contributed by atoms with E-state index in [4.69, 9.17) is 9.90 Å². The molecular formula is C18H14F4N2O4S. The quantitative estimate of drug-likeness (QED) is 0.614. The van der Waals surface area contributed by atoms with E-state index in [0.717, 1.165) is 22.4 Å². The third kappa shape index (κ3) is 5.88. The Kier molecular flexibility index (Phi) is 6.42. The molecule has 11 heteroatoms. The van der Waals surface area contributed by atoms with Crippen LogP contribution in [0.25, 0.3) is 22.4 Å². The molecule has 2 aromatic carbocycles. The second-order valence-corrected chi connectivity index (χ2v) is 7.78. The van der Waals surface area contributed by atoms with Crippen molar-refractivity contribution in [2.24, 2.45) is 0 Å². The number of hydrogen-bond acceptors (Lipinski definition) is 4. The second-order valence-electron chi connectivity index (χ2n) is 5.77. The van der Waals surface area contributed by atoms with Gasteiger partial charge in [0.05, 0.1) is 16.8 Å². The number of nitrogens with zero attached hydrogens (tertiary/aromatic N) is 1. The molecule has 154 valence electrons. The number of halogens is 4. The second kappa shape index (κ2) is 8.43. The highest BCUT2D eigenvalue weighted by atomic mass is 32.2. The standard InChI is InChI=1S/C16H13FN2O2S.C2HF3O2/c1-22(20,21)14-8-4-11(5-9-14)15-10-18-19-16(15)12-2-6-13(17)7-3-12;3-2(4,5)1(6)7/h2-10H,1H3,(H,18,19);(H,6,7). The Morgan fingerprint density at radius 3 is 1.93 bits per heavy atom. The predicted molar refractivity (Wildman–Crippen MR) is 96.2 cm³/mol. The van der Waals surface area contributed by atoms with E-state index in [2.05, 4.69) is 10.2 Å². The molecule has 0 aliphatic carbocycles. The van der Waals surface area contributed by atoms with Gasteiger partial charge in [-0.2, -0.15) is 18.3 Å². The molecule has 0 unspecified atom stereocenters. The smallest absolute Gasteiger partial charge is 0.475 e. The van der Waals surface area contributed by atoms with Gasteiger partial charge in [0, 0.05) is 17.4 Å². The van der Waals surface area contributed by atoms with Gasteiger partial charge in [0.1, 0.15) is 5.82 Å². The fraction of sp³-hybridized carbons (Fsp3) is 0.111. The van der Waals surface area contributed by atoms with Crippen LogP contribution < -0.4 is 0 Å². The first-order valence-corrected chi connectivity index (χ1v) is 9.68. The van der Waals surface area contributed by atoms with E-state index < -0.39 is 22.0 Å². The molecule has 6 nitrogen and oxygen atoms in total. The maximum Gasteiger partial charge on any atom is 0.490 e. The first-order valence-electron chi connectivity index (χ1n) is 7.79. The highest BCUT2D eigenvalue weighted by molar-refractivity contribution is 7.90. The molecule has 0 atom stereocenters. The van der Waals surface area contributed by atoms with Crippen LogP contribution in [0, 0.1) is 5.82 Å². The third-order valence-corrected chi connectivity index (χ3v) is 4.74. The summed E-state index contributed by atoms with van der Waals surface area (Å²) in [6.07, 6.45) is -2.25. The molecule has 0 amide bonds. The minimum atomic E-state index is -5.08. The van der Waals surface area contributed by atoms with Crippen LogP contribution in [0.5, 0.6) is 0 Å². The van der Waals surface area contributed by atoms with Crippen molar-refractivity contribution in [2.45, 2.75) is 11.1 Å². The Morgan fingerprint density at radius 2 is 1.48 bits per heavy atom. The SMILES string of the molecule is CS(=O)(=O)c1ccc(-c2cn[nH]c2-c2ccc(F)cc2)cc1.O=C(O)C(F)(F)F. The van der Waals surface area contributed by atoms with E-state index in [1.807, 2.05) is 0 Å². The van der Waals surface area contributed by atoms with Crippen molar-refractivity contribution in [1.82, 2.24) is 10.2 Å². The van der Waals surface area contributed by atoms with Gasteiger partial charge in [-0.1, -0.05) is 12.1 Å². The van der Waals surface area contributed by atoms with Gasteiger partial charge in [-0.15, -0.1) is 0 Å². The molecule has 0 bridgehead atoms. The minimum absolute atomic E-state index is 0.267. The lowest BCUT2D eigenvalue weighted by atomic mass is 10.0. The first-order chi connectivity index (χ1) is 13.4. The number of aromatic nitrogens is 2. The van der Waals surface area contributed by atoms with E-state index in [0.29, 0.717) is 0 Å². The zero-order valence-corrected chi connectivity index (χ0v) is 15.6. The highest BCUT2D eigenvalue weighted by Gasteiger charge is 2.38. The predicted octanol–water partition coefficient (Wildman–Crippen LogP) is 3.92. The summed E-state index contributed by atoms with van der Waals surface area (Å²) in [5.41, 5.74) is 3.22. The van der Waals surface area contributed by atoms with Gasteiger partial charge in [-0.3, -0.25) is 5.10 Å². The van der Waals surface area contributed by atoms with E-state index in [9.17, 15) is 26.0 Å². The number of H-pyrrole nitrogens is 1. The van der Waals surface area contributed by atoms with Gasteiger partial charge in [0.25, 0.3) is 0 Å². The molecule has 29 heavy (non-hydrogen) atoms. The van der Waals surface area contributed by atoms with Gasteiger partial charge >= 0.3 is 12.1 Å². The van der Waals surface area contributed by atoms with Crippen molar-refractivity contribution in [2.75, 3.05) is 6.26 Å². The Bertz CT molecular complexity index is 1090. The highest BCUT2D eigenvalue weighted by Crippen LogP contribution is 2.30. The fourth-order valence-electron chi connectivity index (χ4n) is 2.22. The normalized spacial score (nSPS) is 11.5. The number of sulfone groups is 1. The summed E-state index contributed by atoms with van der Waals surface area (Å²) >= 11 is 0. The monoisotopic (exact) mass is 430 g/mol. The molecule has 0 saturated carbocycles. The minimum Gasteiger partial charge on any atom is -0.475 e. The summed E-state index contributed by atoms with van der Waals surface area (Å²) in [6.45, 7) is 0. The molecule has 0 radical (unpaired) electrons. The van der Waals surface area contributed by atoms with Crippen LogP contribution in [0.3, 0.4) is 0 Å². The molecule has 0 fully saturated rings. The molecule has 0 aliphatic rings. The molecule has 3 aromatic rings. The van der Waals surface area contributed by atoms with Crippen molar-refractivity contribution in [3.8, 4) is 22.4 Å². The zero-order valence-electron chi connectivity index (χ0n) is 14.7. The van der Waals surface area contributed by atoms with Crippen LogP contribution in [-0.4, -0.2) is 42.1 Å². The van der Waals surface area contributed by atoms with Gasteiger partial charge < -0.3 is 5.11 Å². The number of alkyl halides is 3. The molecular weight excluding hydrogens is 416 g/mol. The number of aliphatic carboxylic acids is 1. The number of carbonyl (C=O) groups is 1. The number of nitrogens with one attached hydrogen (secondary N) is 1. The van der Waals surface area contributed by atoms with Crippen LogP contribution >= 0.6 is 0 Å². The third-order valence-electron chi connectivity index (χ3n) is 3.61. The lowest BCUT2D eigenvalue weighted by molar-refractivity contribution is -0.192. The van der Waals surface area contributed by atoms with Crippen molar-refractivity contribution in [3.63, 3.8) is 0 Å². The molecule has 3 rings (SSSR count). The van der Waals surface area contributed by atoms with Crippen molar-refractivity contribution in [1.29, 1.82) is 0 Å². The summed E-state index contributed by atoms with van der Waals surface area (Å²) in [7, 11) is -3.22. The average Bonchev–Trinajstić information content (AvgIpc) is 3.11. The van der Waals surface area contributed by atoms with Crippen molar-refractivity contribution >= 4 is 15.8 Å². The maximum atomic E-state index is 13.0. The fourth-order valence-corrected chi connectivity index (χ4v) is 2.85. The van der Waals surface area contributed by atoms with Crippen LogP contribution in [-0.2, 0) is 14.6 Å². The largest absolute Gasteiger partial charge is 0.490 e. The lowest BCUT2D eigenvalue weighted by Gasteiger charge is -2.05. The maximum absolute atomic E-state index is 13.0. The molecule has 0 saturated heterocycles. The topological polar surface area (TPSA) is 100 Å². The first kappa shape index (κ1) is 22.1. The Labute approximate surface area is 162 Å². The summed E-state index contributed by atoms with van der Waals surface area (Å²) in [5.74, 6) is -3.06. The van der Waals surface area contributed by atoms with Crippen LogP contribution in [0.2, 0.25) is 0 Å². The molecule has 1 aromatic heterocycles. The van der Waals surface area contributed by atoms with Crippen LogP contribution in [0.1, 0.15) is 0 Å². The number of hydrogen-bond donors (Lipinski definition) is 2. The average molecular weight is 430 g/mol. The lowest BCUT2D eigenvalue weighted by Crippen LogP contribution is -2.21. The van der Waals surface area contributed by atoms with Crippen molar-refractivity contribution < 1.29 is 35.9 Å². The summed E-state index contributed by atoms with van der Waals surface area (Å²) < 4.78 is 67.8. The number of carboxylic acid groups (broad SMARTS) is 1. The number of carboxylic acids is 1. The Morgan fingerprint density at radius 1 is 1.00 bits per heavy atom. The summed E-state index contributed by atoms with van der Waals surface area (Å²) in [4.78, 5) is 9.16. The number of rotatable bonds is 3. The summed E-state index contributed by atoms with van der Waals surface area (Å²) in [5, 5.41) is 14.1.